The molecule has 1 saturated heterocycles. The van der Waals surface area contributed by atoms with Crippen molar-refractivity contribution in [1.82, 2.24) is 25.0 Å². The van der Waals surface area contributed by atoms with Crippen molar-refractivity contribution in [3.8, 4) is 5.69 Å². The van der Waals surface area contributed by atoms with Crippen molar-refractivity contribution in [2.24, 2.45) is 0 Å². The van der Waals surface area contributed by atoms with Crippen LogP contribution in [0, 0.1) is 0 Å². The molecule has 3 aromatic rings. The van der Waals surface area contributed by atoms with Gasteiger partial charge >= 0.3 is 6.09 Å². The molecule has 0 bridgehead atoms. The highest BCUT2D eigenvalue weighted by molar-refractivity contribution is 6.30. The number of hydrogen-bond donors (Lipinski definition) is 1. The van der Waals surface area contributed by atoms with Gasteiger partial charge in [0.15, 0.2) is 0 Å². The average Bonchev–Trinajstić information content (AvgIpc) is 3.40. The lowest BCUT2D eigenvalue weighted by Gasteiger charge is -2.31. The maximum Gasteiger partial charge on any atom is 0.416 e. The quantitative estimate of drug-likeness (QED) is 0.524. The number of hydrogen-bond acceptors (Lipinski definition) is 8. The molecule has 1 fully saturated rings. The van der Waals surface area contributed by atoms with E-state index in [9.17, 15) is 4.79 Å². The summed E-state index contributed by atoms with van der Waals surface area (Å²) in [4.78, 5) is 22.9. The van der Waals surface area contributed by atoms with Crippen molar-refractivity contribution < 1.29 is 14.3 Å². The monoisotopic (exact) mass is 485 g/mol. The third-order valence-corrected chi connectivity index (χ3v) is 5.52. The minimum atomic E-state index is -0.460. The summed E-state index contributed by atoms with van der Waals surface area (Å²) in [7, 11) is 0. The number of carbonyl (C=O) groups is 1. The van der Waals surface area contributed by atoms with Gasteiger partial charge in [-0.05, 0) is 65.0 Å². The molecule has 1 N–H and O–H groups in total. The topological polar surface area (TPSA) is 107 Å². The number of anilines is 2. The van der Waals surface area contributed by atoms with Crippen LogP contribution >= 0.6 is 11.6 Å². The zero-order valence-corrected chi connectivity index (χ0v) is 20.5. The highest BCUT2D eigenvalue weighted by Crippen LogP contribution is 2.27. The molecule has 0 aliphatic carbocycles. The molecule has 0 saturated carbocycles. The predicted octanol–water partition coefficient (Wildman–Crippen LogP) is 4.41. The molecule has 4 rings (SSSR count). The summed E-state index contributed by atoms with van der Waals surface area (Å²) in [6.45, 7) is 10.0. The molecule has 2 aromatic heterocycles. The van der Waals surface area contributed by atoms with Crippen LogP contribution in [-0.4, -0.2) is 55.4 Å². The number of aromatic nitrogens is 5. The highest BCUT2D eigenvalue weighted by Gasteiger charge is 2.40. The fraction of sp³-hybridized carbons (Fsp3) is 0.435. The van der Waals surface area contributed by atoms with E-state index in [4.69, 9.17) is 21.1 Å². The van der Waals surface area contributed by atoms with E-state index in [-0.39, 0.29) is 30.4 Å². The molecule has 1 aliphatic rings. The molecule has 1 aromatic carbocycles. The van der Waals surface area contributed by atoms with E-state index in [1.807, 2.05) is 52.9 Å². The molecular weight excluding hydrogens is 458 g/mol. The molecule has 0 radical (unpaired) electrons. The van der Waals surface area contributed by atoms with E-state index in [1.54, 1.807) is 29.1 Å². The first-order chi connectivity index (χ1) is 16.1. The first-order valence-corrected chi connectivity index (χ1v) is 11.4. The van der Waals surface area contributed by atoms with Crippen molar-refractivity contribution >= 4 is 29.5 Å². The minimum absolute atomic E-state index is 0.229. The summed E-state index contributed by atoms with van der Waals surface area (Å²) in [6, 6.07) is 8.46. The zero-order chi connectivity index (χ0) is 24.5. The van der Waals surface area contributed by atoms with E-state index >= 15 is 0 Å². The van der Waals surface area contributed by atoms with Gasteiger partial charge in [0, 0.05) is 11.2 Å². The third kappa shape index (κ3) is 5.45. The second-order valence-corrected chi connectivity index (χ2v) is 9.55. The summed E-state index contributed by atoms with van der Waals surface area (Å²) in [5.41, 5.74) is 1.20. The fourth-order valence-corrected chi connectivity index (χ4v) is 3.82. The van der Waals surface area contributed by atoms with Crippen LogP contribution in [0.15, 0.2) is 42.7 Å². The lowest BCUT2D eigenvalue weighted by molar-refractivity contribution is -0.0618. The van der Waals surface area contributed by atoms with Crippen LogP contribution in [0.5, 0.6) is 0 Å². The van der Waals surface area contributed by atoms with Crippen molar-refractivity contribution in [2.75, 3.05) is 16.8 Å². The molecule has 1 amide bonds. The van der Waals surface area contributed by atoms with Crippen molar-refractivity contribution in [3.05, 3.63) is 53.4 Å². The van der Waals surface area contributed by atoms with Crippen molar-refractivity contribution in [1.29, 1.82) is 0 Å². The first kappa shape index (κ1) is 23.9. The van der Waals surface area contributed by atoms with Crippen LogP contribution in [0.4, 0.5) is 16.6 Å². The Kier molecular flexibility index (Phi) is 6.72. The van der Waals surface area contributed by atoms with Crippen LogP contribution in [0.1, 0.15) is 46.4 Å². The molecule has 0 unspecified atom stereocenters. The number of amides is 1. The Morgan fingerprint density at radius 3 is 2.65 bits per heavy atom. The van der Waals surface area contributed by atoms with Crippen LogP contribution in [0.3, 0.4) is 0 Å². The van der Waals surface area contributed by atoms with E-state index in [1.165, 1.54) is 4.90 Å². The van der Waals surface area contributed by atoms with Gasteiger partial charge in [-0.15, -0.1) is 5.10 Å². The van der Waals surface area contributed by atoms with Gasteiger partial charge in [-0.1, -0.05) is 16.8 Å². The van der Waals surface area contributed by atoms with Crippen LogP contribution in [-0.2, 0) is 9.47 Å². The molecule has 1 aliphatic heterocycles. The Bertz CT molecular complexity index is 1150. The smallest absolute Gasteiger partial charge is 0.416 e. The molecule has 3 atom stereocenters. The number of halogens is 1. The van der Waals surface area contributed by atoms with Crippen molar-refractivity contribution in [2.45, 2.75) is 58.4 Å². The van der Waals surface area contributed by atoms with Gasteiger partial charge in [0.1, 0.15) is 24.2 Å². The lowest BCUT2D eigenvalue weighted by Crippen LogP contribution is -2.45. The van der Waals surface area contributed by atoms with Crippen LogP contribution in [0.2, 0.25) is 5.02 Å². The SMILES string of the molecule is C[C@H](Nc1nccc(N2C(=O)OC[C@@H]2[C@@H](C)OC(C)(C)C)n1)c1cn(-c2ccc(Cl)cc2)nn1. The van der Waals surface area contributed by atoms with E-state index in [0.717, 1.165) is 5.69 Å². The normalized spacial score (nSPS) is 18.0. The first-order valence-electron chi connectivity index (χ1n) is 11.0. The molecule has 10 nitrogen and oxygen atoms in total. The van der Waals surface area contributed by atoms with Gasteiger partial charge < -0.3 is 14.8 Å². The number of nitrogens with zero attached hydrogens (tertiary/aromatic N) is 6. The number of nitrogens with one attached hydrogen (secondary N) is 1. The second-order valence-electron chi connectivity index (χ2n) is 9.12. The Morgan fingerprint density at radius 2 is 1.94 bits per heavy atom. The minimum Gasteiger partial charge on any atom is -0.447 e. The molecule has 11 heteroatoms. The van der Waals surface area contributed by atoms with E-state index in [2.05, 4.69) is 25.6 Å². The summed E-state index contributed by atoms with van der Waals surface area (Å²) in [5, 5.41) is 12.3. The lowest BCUT2D eigenvalue weighted by atomic mass is 10.1. The van der Waals surface area contributed by atoms with Gasteiger partial charge in [0.2, 0.25) is 5.95 Å². The standard InChI is InChI=1S/C23H28ClN7O3/c1-14(18-12-30(29-28-18)17-8-6-16(24)7-9-17)26-21-25-11-10-20(27-21)31-19(13-33-22(31)32)15(2)34-23(3,4)5/h6-12,14-15,19H,13H2,1-5H3,(H,25,26,27)/t14-,15+,19+/m0/s1. The van der Waals surface area contributed by atoms with E-state index < -0.39 is 6.09 Å². The third-order valence-electron chi connectivity index (χ3n) is 5.27. The summed E-state index contributed by atoms with van der Waals surface area (Å²) >= 11 is 5.96. The fourth-order valence-electron chi connectivity index (χ4n) is 3.70. The average molecular weight is 486 g/mol. The Hall–Kier alpha value is -3.24. The zero-order valence-electron chi connectivity index (χ0n) is 19.8. The van der Waals surface area contributed by atoms with Gasteiger partial charge in [0.25, 0.3) is 0 Å². The number of benzene rings is 1. The summed E-state index contributed by atoms with van der Waals surface area (Å²) < 4.78 is 13.0. The molecule has 34 heavy (non-hydrogen) atoms. The van der Waals surface area contributed by atoms with Gasteiger partial charge in [-0.2, -0.15) is 4.98 Å². The van der Waals surface area contributed by atoms with Gasteiger partial charge in [0.05, 0.1) is 29.6 Å². The molecular formula is C23H28ClN7O3. The largest absolute Gasteiger partial charge is 0.447 e. The Labute approximate surface area is 203 Å². The Morgan fingerprint density at radius 1 is 1.21 bits per heavy atom. The van der Waals surface area contributed by atoms with Crippen LogP contribution < -0.4 is 10.2 Å². The van der Waals surface area contributed by atoms with E-state index in [0.29, 0.717) is 22.5 Å². The number of ether oxygens (including phenoxy) is 2. The second kappa shape index (κ2) is 9.55. The number of carbonyl (C=O) groups excluding carboxylic acids is 1. The maximum atomic E-state index is 12.5. The summed E-state index contributed by atoms with van der Waals surface area (Å²) in [5.74, 6) is 0.792. The maximum absolute atomic E-state index is 12.5. The number of cyclic esters (lactones) is 1. The molecule has 0 spiro atoms. The molecule has 3 heterocycles. The van der Waals surface area contributed by atoms with Crippen LogP contribution in [0.25, 0.3) is 5.69 Å². The molecule has 180 valence electrons. The summed E-state index contributed by atoms with van der Waals surface area (Å²) in [6.07, 6.45) is 2.71. The number of rotatable bonds is 7. The van der Waals surface area contributed by atoms with Crippen molar-refractivity contribution in [3.63, 3.8) is 0 Å². The predicted molar refractivity (Wildman–Crippen MR) is 128 cm³/mol. The Balaban J connectivity index is 1.49. The highest BCUT2D eigenvalue weighted by atomic mass is 35.5. The van der Waals surface area contributed by atoms with Gasteiger partial charge in [-0.25, -0.2) is 14.5 Å². The van der Waals surface area contributed by atoms with Gasteiger partial charge in [-0.3, -0.25) is 4.90 Å².